The SMILES string of the molecule is Bc1c(B)c(B)c(-c2ccc(-c3c(B)c(B)c(B)c(B)c3B)c(Cl)c2)c(B)c1B. The van der Waals surface area contributed by atoms with Crippen molar-refractivity contribution in [3.05, 3.63) is 23.2 Å². The van der Waals surface area contributed by atoms with E-state index in [1.165, 1.54) is 71.3 Å². The van der Waals surface area contributed by atoms with Crippen molar-refractivity contribution in [2.24, 2.45) is 0 Å². The standard InChI is InChI=1S/C18H23B10Cl/c19-9-7(10(20)14(24)17(27)13(9)23)4-1-2-5(6(29)3-4)8-11(21)15(25)18(28)16(26)12(8)22/h1-3H,19-28H2. The summed E-state index contributed by atoms with van der Waals surface area (Å²) in [5.74, 6) is 0. The van der Waals surface area contributed by atoms with Crippen molar-refractivity contribution >= 4 is 145 Å². The fourth-order valence-corrected chi connectivity index (χ4v) is 4.99. The Bertz CT molecular complexity index is 1110. The molecule has 0 nitrogen and oxygen atoms in total. The first kappa shape index (κ1) is 22.3. The molecular formula is C18H23B10Cl. The van der Waals surface area contributed by atoms with Crippen LogP contribution in [0.1, 0.15) is 0 Å². The highest BCUT2D eigenvalue weighted by Gasteiger charge is 2.17. The second-order valence-electron chi connectivity index (χ2n) is 8.69. The summed E-state index contributed by atoms with van der Waals surface area (Å²) in [6.45, 7) is 0. The lowest BCUT2D eigenvalue weighted by Gasteiger charge is -2.23. The Hall–Kier alpha value is -1.40. The minimum absolute atomic E-state index is 0.825. The van der Waals surface area contributed by atoms with Crippen LogP contribution in [0.5, 0.6) is 0 Å². The molecule has 3 rings (SSSR count). The topological polar surface area (TPSA) is 0 Å². The fourth-order valence-electron chi connectivity index (χ4n) is 4.71. The maximum atomic E-state index is 6.92. The molecule has 0 fully saturated rings. The van der Waals surface area contributed by atoms with E-state index in [1.807, 2.05) is 0 Å². The Balaban J connectivity index is 2.26. The molecule has 0 spiro atoms. The van der Waals surface area contributed by atoms with E-state index in [0.29, 0.717) is 0 Å². The van der Waals surface area contributed by atoms with Crippen LogP contribution in [0.15, 0.2) is 18.2 Å². The predicted octanol–water partition coefficient (Wildman–Crippen LogP) is -11.7. The quantitative estimate of drug-likeness (QED) is 0.386. The fraction of sp³-hybridized carbons (Fsp3) is 0. The van der Waals surface area contributed by atoms with E-state index < -0.39 is 0 Å². The van der Waals surface area contributed by atoms with Gasteiger partial charge < -0.3 is 0 Å². The Kier molecular flexibility index (Phi) is 6.17. The van der Waals surface area contributed by atoms with Crippen molar-refractivity contribution in [2.45, 2.75) is 0 Å². The summed E-state index contributed by atoms with van der Waals surface area (Å²) in [5.41, 5.74) is 18.5. The minimum Gasteiger partial charge on any atom is -0.102 e. The van der Waals surface area contributed by atoms with Crippen LogP contribution < -0.4 is 54.6 Å². The summed E-state index contributed by atoms with van der Waals surface area (Å²) in [5, 5.41) is 0.825. The monoisotopic (exact) mass is 384 g/mol. The molecule has 0 heterocycles. The molecule has 0 aromatic heterocycles. The van der Waals surface area contributed by atoms with E-state index in [2.05, 4.69) is 96.7 Å². The summed E-state index contributed by atoms with van der Waals surface area (Å²) < 4.78 is 0. The zero-order chi connectivity index (χ0) is 21.8. The van der Waals surface area contributed by atoms with Gasteiger partial charge in [0.15, 0.2) is 0 Å². The Labute approximate surface area is 189 Å². The first-order chi connectivity index (χ1) is 13.5. The summed E-state index contributed by atoms with van der Waals surface area (Å²) >= 11 is 6.92. The first-order valence-corrected chi connectivity index (χ1v) is 10.8. The van der Waals surface area contributed by atoms with Crippen LogP contribution in [0, 0.1) is 0 Å². The highest BCUT2D eigenvalue weighted by Crippen LogP contribution is 2.29. The van der Waals surface area contributed by atoms with Crippen LogP contribution in [0.4, 0.5) is 0 Å². The van der Waals surface area contributed by atoms with Gasteiger partial charge in [0.1, 0.15) is 78.5 Å². The molecule has 0 N–H and O–H groups in total. The maximum Gasteiger partial charge on any atom is 0.139 e. The third kappa shape index (κ3) is 3.52. The molecule has 0 aliphatic rings. The third-order valence-electron chi connectivity index (χ3n) is 7.53. The van der Waals surface area contributed by atoms with Gasteiger partial charge in [-0.1, -0.05) is 45.6 Å². The summed E-state index contributed by atoms with van der Waals surface area (Å²) in [7, 11) is 22.2. The minimum atomic E-state index is 0.825. The van der Waals surface area contributed by atoms with Gasteiger partial charge in [-0.05, 0) is 28.3 Å². The normalized spacial score (nSPS) is 10.9. The van der Waals surface area contributed by atoms with Crippen LogP contribution in [-0.2, 0) is 0 Å². The van der Waals surface area contributed by atoms with E-state index in [-0.39, 0.29) is 0 Å². The van der Waals surface area contributed by atoms with Gasteiger partial charge in [0.05, 0.1) is 0 Å². The van der Waals surface area contributed by atoms with E-state index in [4.69, 9.17) is 11.6 Å². The van der Waals surface area contributed by atoms with E-state index in [0.717, 1.165) is 10.6 Å². The maximum absolute atomic E-state index is 6.92. The Morgan fingerprint density at radius 1 is 0.448 bits per heavy atom. The van der Waals surface area contributed by atoms with Crippen molar-refractivity contribution in [3.63, 3.8) is 0 Å². The molecule has 0 bridgehead atoms. The summed E-state index contributed by atoms with van der Waals surface area (Å²) in [4.78, 5) is 0. The highest BCUT2D eigenvalue weighted by atomic mass is 35.5. The van der Waals surface area contributed by atoms with Gasteiger partial charge in [0.25, 0.3) is 0 Å². The zero-order valence-electron chi connectivity index (χ0n) is 19.6. The lowest BCUT2D eigenvalue weighted by Crippen LogP contribution is -2.55. The Morgan fingerprint density at radius 2 is 0.793 bits per heavy atom. The second kappa shape index (κ2) is 8.03. The number of rotatable bonds is 2. The predicted molar refractivity (Wildman–Crippen MR) is 164 cm³/mol. The molecule has 0 unspecified atom stereocenters. The van der Waals surface area contributed by atoms with Crippen LogP contribution in [0.25, 0.3) is 22.3 Å². The van der Waals surface area contributed by atoms with Gasteiger partial charge in [-0.2, -0.15) is 0 Å². The van der Waals surface area contributed by atoms with Gasteiger partial charge in [0, 0.05) is 5.02 Å². The molecule has 29 heavy (non-hydrogen) atoms. The highest BCUT2D eigenvalue weighted by molar-refractivity contribution is 6.70. The molecule has 0 amide bonds. The van der Waals surface area contributed by atoms with Crippen molar-refractivity contribution in [3.8, 4) is 22.3 Å². The van der Waals surface area contributed by atoms with Crippen LogP contribution in [-0.4, -0.2) is 78.5 Å². The average Bonchev–Trinajstić information content (AvgIpc) is 2.69. The number of hydrogen-bond donors (Lipinski definition) is 0. The largest absolute Gasteiger partial charge is 0.139 e. The molecule has 0 aliphatic carbocycles. The molecule has 132 valence electrons. The molecule has 3 aromatic carbocycles. The molecule has 0 saturated carbocycles. The lowest BCUT2D eigenvalue weighted by molar-refractivity contribution is 1.67. The average molecular weight is 383 g/mol. The number of halogens is 1. The van der Waals surface area contributed by atoms with E-state index in [9.17, 15) is 0 Å². The van der Waals surface area contributed by atoms with Crippen molar-refractivity contribution in [2.75, 3.05) is 0 Å². The second-order valence-corrected chi connectivity index (χ2v) is 9.10. The first-order valence-electron chi connectivity index (χ1n) is 10.4. The number of benzene rings is 3. The molecule has 11 heteroatoms. The van der Waals surface area contributed by atoms with Crippen LogP contribution in [0.3, 0.4) is 0 Å². The third-order valence-corrected chi connectivity index (χ3v) is 7.84. The summed E-state index contributed by atoms with van der Waals surface area (Å²) in [6.07, 6.45) is 0. The lowest BCUT2D eigenvalue weighted by atomic mass is 9.59. The van der Waals surface area contributed by atoms with Gasteiger partial charge in [-0.15, -0.1) is 32.8 Å². The van der Waals surface area contributed by atoms with Crippen molar-refractivity contribution in [1.82, 2.24) is 0 Å². The van der Waals surface area contributed by atoms with Gasteiger partial charge in [-0.25, -0.2) is 0 Å². The van der Waals surface area contributed by atoms with Crippen molar-refractivity contribution < 1.29 is 0 Å². The van der Waals surface area contributed by atoms with Crippen LogP contribution >= 0.6 is 11.6 Å². The molecule has 0 atom stereocenters. The Morgan fingerprint density at radius 3 is 1.17 bits per heavy atom. The van der Waals surface area contributed by atoms with Gasteiger partial charge >= 0.3 is 0 Å². The van der Waals surface area contributed by atoms with Gasteiger partial charge in [0.2, 0.25) is 0 Å². The molecular weight excluding hydrogens is 360 g/mol. The van der Waals surface area contributed by atoms with Crippen LogP contribution in [0.2, 0.25) is 5.02 Å². The van der Waals surface area contributed by atoms with Crippen molar-refractivity contribution in [1.29, 1.82) is 0 Å². The van der Waals surface area contributed by atoms with Gasteiger partial charge in [-0.3, -0.25) is 0 Å². The molecule has 3 aromatic rings. The molecule has 0 aliphatic heterocycles. The van der Waals surface area contributed by atoms with E-state index in [1.54, 1.807) is 0 Å². The molecule has 0 radical (unpaired) electrons. The van der Waals surface area contributed by atoms with E-state index >= 15 is 0 Å². The zero-order valence-corrected chi connectivity index (χ0v) is 20.4. The smallest absolute Gasteiger partial charge is 0.102 e. The molecule has 0 saturated heterocycles. The number of hydrogen-bond acceptors (Lipinski definition) is 0. The summed E-state index contributed by atoms with van der Waals surface area (Å²) in [6, 6.07) is 6.61.